The smallest absolute Gasteiger partial charge is 0.0529 e. The zero-order valence-electron chi connectivity index (χ0n) is 10.7. The highest BCUT2D eigenvalue weighted by Gasteiger charge is 2.21. The molecule has 0 bridgehead atoms. The molecule has 1 heterocycles. The molecule has 0 N–H and O–H groups in total. The summed E-state index contributed by atoms with van der Waals surface area (Å²) in [5.41, 5.74) is 0. The fraction of sp³-hybridized carbons (Fsp3) is 1.00. The van der Waals surface area contributed by atoms with Crippen molar-refractivity contribution in [3.8, 4) is 0 Å². The second kappa shape index (κ2) is 7.20. The van der Waals surface area contributed by atoms with Crippen molar-refractivity contribution >= 4 is 0 Å². The van der Waals surface area contributed by atoms with Crippen LogP contribution in [-0.2, 0) is 0 Å². The third-order valence-corrected chi connectivity index (χ3v) is 2.82. The average molecular weight is 213 g/mol. The molecule has 0 aromatic heterocycles. The number of hydrogen-bond acceptors (Lipinski definition) is 3. The Labute approximate surface area is 95.0 Å². The molecule has 0 saturated carbocycles. The summed E-state index contributed by atoms with van der Waals surface area (Å²) in [6, 6.07) is 0. The van der Waals surface area contributed by atoms with Crippen LogP contribution in [0, 0.1) is 0 Å². The summed E-state index contributed by atoms with van der Waals surface area (Å²) in [5, 5.41) is 0. The van der Waals surface area contributed by atoms with Crippen LogP contribution in [0.3, 0.4) is 0 Å². The zero-order valence-corrected chi connectivity index (χ0v) is 10.7. The topological polar surface area (TPSA) is 9.72 Å². The SMILES string of the molecule is CCCN1CN(CCC)CN(CCC)C1. The first-order valence-corrected chi connectivity index (χ1v) is 6.47. The number of rotatable bonds is 6. The Bertz CT molecular complexity index is 126. The first-order chi connectivity index (χ1) is 7.30. The van der Waals surface area contributed by atoms with E-state index in [0.29, 0.717) is 0 Å². The van der Waals surface area contributed by atoms with Gasteiger partial charge in [0.2, 0.25) is 0 Å². The zero-order chi connectivity index (χ0) is 11.1. The summed E-state index contributed by atoms with van der Waals surface area (Å²) >= 11 is 0. The molecule has 3 heteroatoms. The lowest BCUT2D eigenvalue weighted by atomic mass is 10.3. The summed E-state index contributed by atoms with van der Waals surface area (Å²) in [7, 11) is 0. The molecule has 0 spiro atoms. The minimum Gasteiger partial charge on any atom is -0.277 e. The van der Waals surface area contributed by atoms with E-state index < -0.39 is 0 Å². The third kappa shape index (κ3) is 4.49. The van der Waals surface area contributed by atoms with E-state index in [1.54, 1.807) is 0 Å². The van der Waals surface area contributed by atoms with E-state index in [1.807, 2.05) is 0 Å². The predicted octanol–water partition coefficient (Wildman–Crippen LogP) is 2.01. The third-order valence-electron chi connectivity index (χ3n) is 2.82. The lowest BCUT2D eigenvalue weighted by Gasteiger charge is -2.42. The standard InChI is InChI=1S/C12H27N3/c1-4-7-13-10-14(8-5-2)12-15(11-13)9-6-3/h4-12H2,1-3H3. The Kier molecular flexibility index (Phi) is 6.22. The maximum absolute atomic E-state index is 2.56. The highest BCUT2D eigenvalue weighted by atomic mass is 15.5. The Hall–Kier alpha value is -0.120. The van der Waals surface area contributed by atoms with Crippen molar-refractivity contribution in [2.24, 2.45) is 0 Å². The Morgan fingerprint density at radius 2 is 0.867 bits per heavy atom. The highest BCUT2D eigenvalue weighted by Crippen LogP contribution is 2.08. The number of hydrogen-bond donors (Lipinski definition) is 0. The van der Waals surface area contributed by atoms with Gasteiger partial charge in [-0.1, -0.05) is 20.8 Å². The van der Waals surface area contributed by atoms with E-state index in [9.17, 15) is 0 Å². The van der Waals surface area contributed by atoms with E-state index in [4.69, 9.17) is 0 Å². The van der Waals surface area contributed by atoms with Crippen LogP contribution in [0.25, 0.3) is 0 Å². The molecule has 1 aliphatic rings. The largest absolute Gasteiger partial charge is 0.277 e. The second-order valence-electron chi connectivity index (χ2n) is 4.61. The van der Waals surface area contributed by atoms with E-state index in [1.165, 1.54) is 58.9 Å². The molecule has 1 rings (SSSR count). The van der Waals surface area contributed by atoms with Gasteiger partial charge in [-0.25, -0.2) is 0 Å². The molecular weight excluding hydrogens is 186 g/mol. The van der Waals surface area contributed by atoms with Crippen molar-refractivity contribution < 1.29 is 0 Å². The van der Waals surface area contributed by atoms with Crippen LogP contribution >= 0.6 is 0 Å². The Balaban J connectivity index is 2.40. The van der Waals surface area contributed by atoms with Crippen LogP contribution in [0.2, 0.25) is 0 Å². The van der Waals surface area contributed by atoms with E-state index in [0.717, 1.165) is 0 Å². The van der Waals surface area contributed by atoms with Crippen molar-refractivity contribution in [3.05, 3.63) is 0 Å². The van der Waals surface area contributed by atoms with Gasteiger partial charge in [0.05, 0.1) is 20.0 Å². The summed E-state index contributed by atoms with van der Waals surface area (Å²) in [4.78, 5) is 7.69. The van der Waals surface area contributed by atoms with Gasteiger partial charge in [-0.05, 0) is 19.3 Å². The molecule has 0 aliphatic carbocycles. The minimum atomic E-state index is 1.17. The van der Waals surface area contributed by atoms with Crippen LogP contribution in [0.15, 0.2) is 0 Å². The maximum atomic E-state index is 2.56. The maximum Gasteiger partial charge on any atom is 0.0529 e. The molecule has 15 heavy (non-hydrogen) atoms. The summed E-state index contributed by atoms with van der Waals surface area (Å²) in [6.45, 7) is 14.0. The number of nitrogens with zero attached hydrogens (tertiary/aromatic N) is 3. The summed E-state index contributed by atoms with van der Waals surface area (Å²) in [6.07, 6.45) is 3.79. The molecule has 0 radical (unpaired) electrons. The van der Waals surface area contributed by atoms with E-state index in [-0.39, 0.29) is 0 Å². The molecule has 0 aromatic rings. The van der Waals surface area contributed by atoms with Crippen LogP contribution in [0.4, 0.5) is 0 Å². The van der Waals surface area contributed by atoms with Gasteiger partial charge in [0.1, 0.15) is 0 Å². The van der Waals surface area contributed by atoms with Crippen LogP contribution in [0.5, 0.6) is 0 Å². The van der Waals surface area contributed by atoms with Crippen molar-refractivity contribution in [1.29, 1.82) is 0 Å². The van der Waals surface area contributed by atoms with Crippen LogP contribution in [-0.4, -0.2) is 54.3 Å². The van der Waals surface area contributed by atoms with Gasteiger partial charge in [0, 0.05) is 19.6 Å². The van der Waals surface area contributed by atoms with Gasteiger partial charge in [-0.15, -0.1) is 0 Å². The van der Waals surface area contributed by atoms with Crippen molar-refractivity contribution in [2.75, 3.05) is 39.6 Å². The van der Waals surface area contributed by atoms with E-state index in [2.05, 4.69) is 35.5 Å². The van der Waals surface area contributed by atoms with Gasteiger partial charge >= 0.3 is 0 Å². The van der Waals surface area contributed by atoms with Gasteiger partial charge in [0.15, 0.2) is 0 Å². The highest BCUT2D eigenvalue weighted by molar-refractivity contribution is 4.68. The molecule has 0 aromatic carbocycles. The first-order valence-electron chi connectivity index (χ1n) is 6.47. The fourth-order valence-corrected chi connectivity index (χ4v) is 2.36. The molecular formula is C12H27N3. The molecule has 3 nitrogen and oxygen atoms in total. The first kappa shape index (κ1) is 12.9. The molecule has 0 amide bonds. The van der Waals surface area contributed by atoms with Crippen molar-refractivity contribution in [1.82, 2.24) is 14.7 Å². The molecule has 1 saturated heterocycles. The Morgan fingerprint density at radius 3 is 1.07 bits per heavy atom. The van der Waals surface area contributed by atoms with Gasteiger partial charge in [0.25, 0.3) is 0 Å². The molecule has 1 fully saturated rings. The van der Waals surface area contributed by atoms with E-state index >= 15 is 0 Å². The molecule has 90 valence electrons. The molecule has 0 atom stereocenters. The molecule has 1 aliphatic heterocycles. The Morgan fingerprint density at radius 1 is 0.600 bits per heavy atom. The van der Waals surface area contributed by atoms with Crippen LogP contribution in [0.1, 0.15) is 40.0 Å². The summed E-state index contributed by atoms with van der Waals surface area (Å²) < 4.78 is 0. The second-order valence-corrected chi connectivity index (χ2v) is 4.61. The van der Waals surface area contributed by atoms with Crippen LogP contribution < -0.4 is 0 Å². The lowest BCUT2D eigenvalue weighted by molar-refractivity contribution is -0.0289. The normalized spacial score (nSPS) is 21.0. The average Bonchev–Trinajstić information content (AvgIpc) is 2.19. The van der Waals surface area contributed by atoms with Gasteiger partial charge in [-0.2, -0.15) is 0 Å². The monoisotopic (exact) mass is 213 g/mol. The van der Waals surface area contributed by atoms with Gasteiger partial charge < -0.3 is 0 Å². The summed E-state index contributed by atoms with van der Waals surface area (Å²) in [5.74, 6) is 0. The fourth-order valence-electron chi connectivity index (χ4n) is 2.36. The van der Waals surface area contributed by atoms with Crippen molar-refractivity contribution in [3.63, 3.8) is 0 Å². The van der Waals surface area contributed by atoms with Gasteiger partial charge in [-0.3, -0.25) is 14.7 Å². The lowest BCUT2D eigenvalue weighted by Crippen LogP contribution is -2.55. The van der Waals surface area contributed by atoms with Crippen molar-refractivity contribution in [2.45, 2.75) is 40.0 Å². The molecule has 0 unspecified atom stereocenters. The predicted molar refractivity (Wildman–Crippen MR) is 65.6 cm³/mol. The quantitative estimate of drug-likeness (QED) is 0.668. The minimum absolute atomic E-state index is 1.17.